The van der Waals surface area contributed by atoms with E-state index >= 15 is 0 Å². The van der Waals surface area contributed by atoms with Gasteiger partial charge in [0, 0.05) is 22.7 Å². The van der Waals surface area contributed by atoms with Crippen molar-refractivity contribution in [2.45, 2.75) is 34.1 Å². The number of hydrogen-bond donors (Lipinski definition) is 1. The van der Waals surface area contributed by atoms with Gasteiger partial charge >= 0.3 is 0 Å². The lowest BCUT2D eigenvalue weighted by atomic mass is 9.73. The highest BCUT2D eigenvalue weighted by Crippen LogP contribution is 2.42. The molecule has 0 spiro atoms. The molecule has 3 rings (SSSR count). The first kappa shape index (κ1) is 24.5. The molecule has 0 radical (unpaired) electrons. The van der Waals surface area contributed by atoms with E-state index in [4.69, 9.17) is 17.6 Å². The van der Waals surface area contributed by atoms with Gasteiger partial charge in [-0.25, -0.2) is 0 Å². The Hall–Kier alpha value is -3.17. The highest BCUT2D eigenvalue weighted by atomic mass is 32.1. The van der Waals surface area contributed by atoms with Gasteiger partial charge in [0.1, 0.15) is 0 Å². The van der Waals surface area contributed by atoms with E-state index in [9.17, 15) is 0 Å². The minimum atomic E-state index is -0.206. The lowest BCUT2D eigenvalue weighted by molar-refractivity contribution is 0.558. The molecule has 33 heavy (non-hydrogen) atoms. The molecule has 0 aromatic heterocycles. The van der Waals surface area contributed by atoms with Crippen LogP contribution in [0, 0.1) is 5.41 Å². The second kappa shape index (κ2) is 11.1. The van der Waals surface area contributed by atoms with Gasteiger partial charge in [-0.2, -0.15) is 0 Å². The van der Waals surface area contributed by atoms with Gasteiger partial charge in [0.05, 0.1) is 11.4 Å². The van der Waals surface area contributed by atoms with Gasteiger partial charge < -0.3 is 0 Å². The molecule has 168 valence electrons. The zero-order valence-electron chi connectivity index (χ0n) is 19.9. The van der Waals surface area contributed by atoms with Crippen LogP contribution in [0.1, 0.15) is 34.1 Å². The van der Waals surface area contributed by atoms with Crippen LogP contribution in [0.5, 0.6) is 0 Å². The van der Waals surface area contributed by atoms with E-state index in [1.54, 1.807) is 0 Å². The summed E-state index contributed by atoms with van der Waals surface area (Å²) in [4.78, 5) is 10.4. The Kier molecular flexibility index (Phi) is 8.24. The summed E-state index contributed by atoms with van der Waals surface area (Å²) in [5, 5.41) is 0. The molecule has 1 aliphatic rings. The van der Waals surface area contributed by atoms with Crippen molar-refractivity contribution < 1.29 is 0 Å². The van der Waals surface area contributed by atoms with Crippen LogP contribution < -0.4 is 0 Å². The number of para-hydroxylation sites is 2. The van der Waals surface area contributed by atoms with Gasteiger partial charge in [0.25, 0.3) is 0 Å². The van der Waals surface area contributed by atoms with Gasteiger partial charge in [-0.05, 0) is 85.9 Å². The van der Waals surface area contributed by atoms with E-state index in [2.05, 4.69) is 56.8 Å². The van der Waals surface area contributed by atoms with Gasteiger partial charge in [-0.1, -0.05) is 61.5 Å². The SMILES string of the molecule is C=C(/C=C(C=Nc1ccccc1)\C(C)=C/C)C1=C(S)C=C(C)C(C)(C=Nc2ccccc2)C1. The van der Waals surface area contributed by atoms with Crippen molar-refractivity contribution in [2.24, 2.45) is 15.4 Å². The minimum Gasteiger partial charge on any atom is -0.260 e. The first-order chi connectivity index (χ1) is 15.8. The van der Waals surface area contributed by atoms with Crippen molar-refractivity contribution >= 4 is 36.4 Å². The molecule has 0 bridgehead atoms. The smallest absolute Gasteiger partial charge is 0.0629 e. The predicted octanol–water partition coefficient (Wildman–Crippen LogP) is 8.78. The summed E-state index contributed by atoms with van der Waals surface area (Å²) in [6.45, 7) is 12.9. The van der Waals surface area contributed by atoms with E-state index in [0.29, 0.717) is 0 Å². The molecule has 0 aliphatic heterocycles. The molecule has 1 unspecified atom stereocenters. The van der Waals surface area contributed by atoms with Crippen LogP contribution in [0.4, 0.5) is 11.4 Å². The second-order valence-corrected chi connectivity index (χ2v) is 9.05. The Bertz CT molecular complexity index is 1180. The van der Waals surface area contributed by atoms with E-state index < -0.39 is 0 Å². The number of thiol groups is 1. The number of aliphatic imine (C=N–C) groups is 2. The molecular weight excluding hydrogens is 420 g/mol. The highest BCUT2D eigenvalue weighted by molar-refractivity contribution is 7.84. The van der Waals surface area contributed by atoms with Crippen LogP contribution in [0.2, 0.25) is 0 Å². The molecule has 0 amide bonds. The van der Waals surface area contributed by atoms with Crippen LogP contribution in [0.15, 0.2) is 128 Å². The zero-order valence-corrected chi connectivity index (χ0v) is 20.8. The molecule has 0 saturated heterocycles. The summed E-state index contributed by atoms with van der Waals surface area (Å²) < 4.78 is 0. The molecule has 1 aliphatic carbocycles. The minimum absolute atomic E-state index is 0.206. The van der Waals surface area contributed by atoms with Gasteiger partial charge in [0.15, 0.2) is 0 Å². The summed E-state index contributed by atoms with van der Waals surface area (Å²) in [5.74, 6) is 0. The van der Waals surface area contributed by atoms with Crippen LogP contribution in [0.3, 0.4) is 0 Å². The average Bonchev–Trinajstić information content (AvgIpc) is 2.83. The summed E-state index contributed by atoms with van der Waals surface area (Å²) in [6.07, 6.45) is 11.1. The molecule has 1 atom stereocenters. The van der Waals surface area contributed by atoms with Crippen LogP contribution in [-0.4, -0.2) is 12.4 Å². The lowest BCUT2D eigenvalue weighted by Gasteiger charge is -2.32. The van der Waals surface area contributed by atoms with Gasteiger partial charge in [-0.15, -0.1) is 12.6 Å². The molecule has 2 aromatic carbocycles. The van der Waals surface area contributed by atoms with Crippen LogP contribution >= 0.6 is 12.6 Å². The first-order valence-corrected chi connectivity index (χ1v) is 11.6. The molecular formula is C30H32N2S. The van der Waals surface area contributed by atoms with Crippen molar-refractivity contribution in [3.8, 4) is 0 Å². The Morgan fingerprint density at radius 2 is 1.58 bits per heavy atom. The summed E-state index contributed by atoms with van der Waals surface area (Å²) in [6, 6.07) is 20.0. The van der Waals surface area contributed by atoms with Crippen molar-refractivity contribution in [1.82, 2.24) is 0 Å². The average molecular weight is 453 g/mol. The quantitative estimate of drug-likeness (QED) is 0.247. The van der Waals surface area contributed by atoms with Crippen molar-refractivity contribution in [3.63, 3.8) is 0 Å². The maximum absolute atomic E-state index is 4.80. The number of allylic oxidation sites excluding steroid dienone is 8. The van der Waals surface area contributed by atoms with Gasteiger partial charge in [0.2, 0.25) is 0 Å². The first-order valence-electron chi connectivity index (χ1n) is 11.2. The molecule has 2 nitrogen and oxygen atoms in total. The van der Waals surface area contributed by atoms with Crippen LogP contribution in [-0.2, 0) is 0 Å². The number of rotatable bonds is 7. The third kappa shape index (κ3) is 6.43. The Morgan fingerprint density at radius 1 is 1.00 bits per heavy atom. The number of nitrogens with zero attached hydrogens (tertiary/aromatic N) is 2. The highest BCUT2D eigenvalue weighted by Gasteiger charge is 2.30. The standard InChI is InChI=1S/C30H32N2S/c1-6-22(2)25(20-31-26-13-9-7-10-14-26)17-23(3)28-19-30(5,24(4)18-29(28)33)21-32-27-15-11-8-12-16-27/h6-18,20-21,33H,3,19H2,1-2,4-5H3/b22-6-,25-17-,31-20?,32-21?. The molecule has 3 heteroatoms. The molecule has 0 fully saturated rings. The fraction of sp³-hybridized carbons (Fsp3) is 0.200. The van der Waals surface area contributed by atoms with E-state index in [1.165, 1.54) is 5.57 Å². The second-order valence-electron chi connectivity index (χ2n) is 8.57. The topological polar surface area (TPSA) is 24.7 Å². The van der Waals surface area contributed by atoms with Crippen molar-refractivity contribution in [2.75, 3.05) is 0 Å². The largest absolute Gasteiger partial charge is 0.260 e. The summed E-state index contributed by atoms with van der Waals surface area (Å²) >= 11 is 4.80. The number of hydrogen-bond acceptors (Lipinski definition) is 3. The third-order valence-corrected chi connectivity index (χ3v) is 6.48. The molecule has 0 heterocycles. The predicted molar refractivity (Wildman–Crippen MR) is 148 cm³/mol. The Balaban J connectivity index is 1.90. The van der Waals surface area contributed by atoms with E-state index in [-0.39, 0.29) is 5.41 Å². The fourth-order valence-electron chi connectivity index (χ4n) is 3.56. The Morgan fingerprint density at radius 3 is 2.15 bits per heavy atom. The third-order valence-electron chi connectivity index (χ3n) is 6.08. The fourth-order valence-corrected chi connectivity index (χ4v) is 3.98. The van der Waals surface area contributed by atoms with Gasteiger partial charge in [-0.3, -0.25) is 9.98 Å². The normalized spacial score (nSPS) is 20.0. The molecule has 0 saturated carbocycles. The lowest BCUT2D eigenvalue weighted by Crippen LogP contribution is -2.24. The zero-order chi connectivity index (χ0) is 23.8. The monoisotopic (exact) mass is 452 g/mol. The number of benzene rings is 2. The van der Waals surface area contributed by atoms with Crippen molar-refractivity contribution in [3.05, 3.63) is 118 Å². The maximum atomic E-state index is 4.80. The van der Waals surface area contributed by atoms with Crippen LogP contribution in [0.25, 0.3) is 0 Å². The summed E-state index contributed by atoms with van der Waals surface area (Å²) in [7, 11) is 0. The van der Waals surface area contributed by atoms with E-state index in [0.717, 1.165) is 45.0 Å². The molecule has 0 N–H and O–H groups in total. The maximum Gasteiger partial charge on any atom is 0.0629 e. The van der Waals surface area contributed by atoms with Crippen molar-refractivity contribution in [1.29, 1.82) is 0 Å². The summed E-state index contributed by atoms with van der Waals surface area (Å²) in [5.41, 5.74) is 7.16. The Labute approximate surface area is 204 Å². The molecule has 2 aromatic rings. The van der Waals surface area contributed by atoms with E-state index in [1.807, 2.05) is 73.8 Å².